The molecule has 1 aromatic heterocycles. The molecule has 5 heteroatoms. The molecule has 0 spiro atoms. The number of carbonyl (C=O) groups is 1. The van der Waals surface area contributed by atoms with Crippen molar-refractivity contribution >= 4 is 6.03 Å². The van der Waals surface area contributed by atoms with Crippen molar-refractivity contribution in [2.75, 3.05) is 13.6 Å². The average molecular weight is 298 g/mol. The quantitative estimate of drug-likeness (QED) is 0.862. The van der Waals surface area contributed by atoms with Gasteiger partial charge in [-0.05, 0) is 26.0 Å². The van der Waals surface area contributed by atoms with Gasteiger partial charge in [0, 0.05) is 24.8 Å². The van der Waals surface area contributed by atoms with Crippen molar-refractivity contribution in [2.45, 2.75) is 19.9 Å². The molecule has 2 rings (SSSR count). The molecule has 0 saturated heterocycles. The molecule has 1 aromatic carbocycles. The maximum atomic E-state index is 12.0. The highest BCUT2D eigenvalue weighted by atomic mass is 16.2. The van der Waals surface area contributed by atoms with Crippen LogP contribution in [0.25, 0.3) is 5.69 Å². The number of nitrogens with zero attached hydrogens (tertiary/aromatic N) is 3. The Balaban J connectivity index is 2.15. The molecule has 0 fully saturated rings. The molecule has 0 aliphatic rings. The van der Waals surface area contributed by atoms with Crippen molar-refractivity contribution < 1.29 is 4.79 Å². The summed E-state index contributed by atoms with van der Waals surface area (Å²) < 4.78 is 1.88. The molecule has 0 aliphatic heterocycles. The lowest BCUT2D eigenvalue weighted by molar-refractivity contribution is 0.210. The Morgan fingerprint density at radius 3 is 2.77 bits per heavy atom. The predicted molar refractivity (Wildman–Crippen MR) is 88.1 cm³/mol. The topological polar surface area (TPSA) is 50.2 Å². The summed E-state index contributed by atoms with van der Waals surface area (Å²) in [5.41, 5.74) is 3.03. The Morgan fingerprint density at radius 2 is 2.14 bits per heavy atom. The minimum absolute atomic E-state index is 0.114. The van der Waals surface area contributed by atoms with Gasteiger partial charge < -0.3 is 10.2 Å². The number of urea groups is 1. The molecule has 0 radical (unpaired) electrons. The van der Waals surface area contributed by atoms with Gasteiger partial charge in [0.25, 0.3) is 0 Å². The smallest absolute Gasteiger partial charge is 0.317 e. The first-order chi connectivity index (χ1) is 10.5. The number of benzene rings is 1. The third-order valence-electron chi connectivity index (χ3n) is 3.60. The monoisotopic (exact) mass is 298 g/mol. The molecule has 0 unspecified atom stereocenters. The lowest BCUT2D eigenvalue weighted by atomic mass is 10.1. The normalized spacial score (nSPS) is 11.8. The zero-order valence-corrected chi connectivity index (χ0v) is 13.3. The van der Waals surface area contributed by atoms with E-state index in [1.54, 1.807) is 24.2 Å². The van der Waals surface area contributed by atoms with Gasteiger partial charge in [-0.25, -0.2) is 9.48 Å². The van der Waals surface area contributed by atoms with E-state index in [4.69, 9.17) is 0 Å². The fourth-order valence-corrected chi connectivity index (χ4v) is 2.33. The van der Waals surface area contributed by atoms with Gasteiger partial charge in [-0.2, -0.15) is 5.10 Å². The Hall–Kier alpha value is -2.56. The molecule has 1 N–H and O–H groups in total. The molecule has 0 saturated carbocycles. The molecule has 22 heavy (non-hydrogen) atoms. The molecule has 2 amide bonds. The summed E-state index contributed by atoms with van der Waals surface area (Å²) in [5, 5.41) is 7.40. The largest absolute Gasteiger partial charge is 0.331 e. The van der Waals surface area contributed by atoms with Crippen molar-refractivity contribution in [3.63, 3.8) is 0 Å². The van der Waals surface area contributed by atoms with Gasteiger partial charge in [0.1, 0.15) is 0 Å². The highest BCUT2D eigenvalue weighted by Crippen LogP contribution is 2.20. The number of hydrogen-bond donors (Lipinski definition) is 1. The second kappa shape index (κ2) is 6.93. The summed E-state index contributed by atoms with van der Waals surface area (Å²) >= 11 is 0. The van der Waals surface area contributed by atoms with E-state index < -0.39 is 0 Å². The SMILES string of the molecule is C=CCN(C)C(=O)N[C@@H](C)c1cnn(-c2ccccc2)c1C. The molecule has 0 aliphatic carbocycles. The van der Waals surface area contributed by atoms with Crippen LogP contribution in [0.4, 0.5) is 4.79 Å². The lowest BCUT2D eigenvalue weighted by Gasteiger charge is -2.20. The lowest BCUT2D eigenvalue weighted by Crippen LogP contribution is -2.38. The number of carbonyl (C=O) groups excluding carboxylic acids is 1. The molecular formula is C17H22N4O. The van der Waals surface area contributed by atoms with Crippen molar-refractivity contribution in [3.05, 3.63) is 60.4 Å². The van der Waals surface area contributed by atoms with Gasteiger partial charge in [0.2, 0.25) is 0 Å². The Bertz CT molecular complexity index is 648. The maximum absolute atomic E-state index is 12.0. The van der Waals surface area contributed by atoms with Crippen molar-refractivity contribution in [1.82, 2.24) is 20.0 Å². The average Bonchev–Trinajstić information content (AvgIpc) is 2.90. The maximum Gasteiger partial charge on any atom is 0.317 e. The van der Waals surface area contributed by atoms with Gasteiger partial charge >= 0.3 is 6.03 Å². The summed E-state index contributed by atoms with van der Waals surface area (Å²) in [6.07, 6.45) is 3.50. The summed E-state index contributed by atoms with van der Waals surface area (Å²) in [4.78, 5) is 13.6. The Morgan fingerprint density at radius 1 is 1.45 bits per heavy atom. The second-order valence-corrected chi connectivity index (χ2v) is 5.27. The predicted octanol–water partition coefficient (Wildman–Crippen LogP) is 3.07. The van der Waals surface area contributed by atoms with Gasteiger partial charge in [0.15, 0.2) is 0 Å². The van der Waals surface area contributed by atoms with Crippen LogP contribution in [0.2, 0.25) is 0 Å². The summed E-state index contributed by atoms with van der Waals surface area (Å²) in [5.74, 6) is 0. The van der Waals surface area contributed by atoms with Crippen LogP contribution >= 0.6 is 0 Å². The van der Waals surface area contributed by atoms with Gasteiger partial charge in [-0.3, -0.25) is 0 Å². The van der Waals surface area contributed by atoms with Crippen molar-refractivity contribution in [2.24, 2.45) is 0 Å². The molecule has 2 aromatic rings. The number of amides is 2. The minimum Gasteiger partial charge on any atom is -0.331 e. The summed E-state index contributed by atoms with van der Waals surface area (Å²) in [7, 11) is 1.74. The molecular weight excluding hydrogens is 276 g/mol. The first-order valence-electron chi connectivity index (χ1n) is 7.27. The van der Waals surface area contributed by atoms with Crippen LogP contribution in [-0.2, 0) is 0 Å². The van der Waals surface area contributed by atoms with E-state index in [0.717, 1.165) is 16.9 Å². The van der Waals surface area contributed by atoms with E-state index in [-0.39, 0.29) is 12.1 Å². The van der Waals surface area contributed by atoms with E-state index in [9.17, 15) is 4.79 Å². The fourth-order valence-electron chi connectivity index (χ4n) is 2.33. The highest BCUT2D eigenvalue weighted by Gasteiger charge is 2.17. The Kier molecular flexibility index (Phi) is 4.99. The Labute approximate surface area is 131 Å². The van der Waals surface area contributed by atoms with E-state index in [1.165, 1.54) is 0 Å². The van der Waals surface area contributed by atoms with Crippen LogP contribution < -0.4 is 5.32 Å². The first-order valence-corrected chi connectivity index (χ1v) is 7.27. The number of rotatable bonds is 5. The van der Waals surface area contributed by atoms with Gasteiger partial charge in [-0.15, -0.1) is 6.58 Å². The van der Waals surface area contributed by atoms with Crippen LogP contribution in [0.1, 0.15) is 24.2 Å². The van der Waals surface area contributed by atoms with Gasteiger partial charge in [0.05, 0.1) is 17.9 Å². The van der Waals surface area contributed by atoms with E-state index >= 15 is 0 Å². The summed E-state index contributed by atoms with van der Waals surface area (Å²) in [6.45, 7) is 8.11. The zero-order chi connectivity index (χ0) is 16.1. The van der Waals surface area contributed by atoms with Crippen LogP contribution in [-0.4, -0.2) is 34.3 Å². The fraction of sp³-hybridized carbons (Fsp3) is 0.294. The molecule has 0 bridgehead atoms. The van der Waals surface area contributed by atoms with Crippen LogP contribution in [0.15, 0.2) is 49.2 Å². The number of nitrogens with one attached hydrogen (secondary N) is 1. The number of hydrogen-bond acceptors (Lipinski definition) is 2. The van der Waals surface area contributed by atoms with E-state index in [1.807, 2.05) is 48.9 Å². The number of likely N-dealkylation sites (N-methyl/N-ethyl adjacent to an activating group) is 1. The summed E-state index contributed by atoms with van der Waals surface area (Å²) in [6, 6.07) is 9.70. The molecule has 1 atom stereocenters. The highest BCUT2D eigenvalue weighted by molar-refractivity contribution is 5.74. The first kappa shape index (κ1) is 15.8. The van der Waals surface area contributed by atoms with Gasteiger partial charge in [-0.1, -0.05) is 24.3 Å². The number of aromatic nitrogens is 2. The third kappa shape index (κ3) is 3.36. The van der Waals surface area contributed by atoms with Crippen molar-refractivity contribution in [1.29, 1.82) is 0 Å². The molecule has 5 nitrogen and oxygen atoms in total. The van der Waals surface area contributed by atoms with Crippen LogP contribution in [0, 0.1) is 6.92 Å². The number of para-hydroxylation sites is 1. The van der Waals surface area contributed by atoms with E-state index in [0.29, 0.717) is 6.54 Å². The van der Waals surface area contributed by atoms with E-state index in [2.05, 4.69) is 17.0 Å². The third-order valence-corrected chi connectivity index (χ3v) is 3.60. The minimum atomic E-state index is -0.126. The molecule has 1 heterocycles. The zero-order valence-electron chi connectivity index (χ0n) is 13.3. The van der Waals surface area contributed by atoms with Crippen LogP contribution in [0.5, 0.6) is 0 Å². The van der Waals surface area contributed by atoms with Crippen molar-refractivity contribution in [3.8, 4) is 5.69 Å². The second-order valence-electron chi connectivity index (χ2n) is 5.27. The standard InChI is InChI=1S/C17H22N4O/c1-5-11-20(4)17(22)19-13(2)16-12-18-21(14(16)3)15-9-7-6-8-10-15/h5-10,12-13H,1,11H2,2-4H3,(H,19,22)/t13-/m0/s1. The van der Waals surface area contributed by atoms with Crippen LogP contribution in [0.3, 0.4) is 0 Å². The molecule has 116 valence electrons.